The number of amides is 6. The molecule has 35 nitrogen and oxygen atoms in total. The second kappa shape index (κ2) is 41.6. The zero-order chi connectivity index (χ0) is 92.5. The van der Waals surface area contributed by atoms with E-state index in [0.29, 0.717) is 26.3 Å². The maximum absolute atomic E-state index is 14.3. The molecule has 91 heteroatoms. The average molecular weight is 2190 g/mol. The summed E-state index contributed by atoms with van der Waals surface area (Å²) in [4.78, 5) is 45.5. The van der Waals surface area contributed by atoms with Crippen LogP contribution >= 0.6 is 163 Å². The monoisotopic (exact) mass is 2190 g/mol. The Balaban J connectivity index is 0.000000683. The molecule has 7 rings (SSSR count). The van der Waals surface area contributed by atoms with Gasteiger partial charge in [-0.25, -0.2) is 38.3 Å². The van der Waals surface area contributed by atoms with Gasteiger partial charge in [-0.2, -0.15) is 38.4 Å². The van der Waals surface area contributed by atoms with Gasteiger partial charge in [0.25, 0.3) is 7.52 Å². The zero-order valence-electron chi connectivity index (χ0n) is 59.7. The van der Waals surface area contributed by atoms with E-state index in [2.05, 4.69) is 72.7 Å². The van der Waals surface area contributed by atoms with E-state index in [1.165, 1.54) is 47.1 Å². The van der Waals surface area contributed by atoms with Gasteiger partial charge in [-0.1, -0.05) is 27.2 Å². The second-order valence-corrected chi connectivity index (χ2v) is 59.7. The minimum absolute atomic E-state index is 0.0745. The average Bonchev–Trinajstić information content (AvgIpc) is 0.977. The summed E-state index contributed by atoms with van der Waals surface area (Å²) < 4.78 is 512. The molecule has 6 amide bonds. The summed E-state index contributed by atoms with van der Waals surface area (Å²) in [6, 6.07) is -2.81. The van der Waals surface area contributed by atoms with Crippen LogP contribution in [0.15, 0.2) is 94.8 Å². The number of hydrogen-bond acceptors (Lipinski definition) is 29. The summed E-state index contributed by atoms with van der Waals surface area (Å²) in [5.41, 5.74) is 0. The molecule has 694 valence electrons. The molecule has 0 aromatic rings. The Morgan fingerprint density at radius 2 is 0.598 bits per heavy atom. The molecule has 0 fully saturated rings. The number of urea groups is 2. The number of nitrogens with zero attached hydrogens (tertiary/aromatic N) is 27. The summed E-state index contributed by atoms with van der Waals surface area (Å²) in [6.45, 7) is 8.20. The molecular weight excluding hydrogens is 2130 g/mol. The first-order chi connectivity index (χ1) is 51.7. The van der Waals surface area contributed by atoms with Crippen molar-refractivity contribution in [3.63, 3.8) is 0 Å². The van der Waals surface area contributed by atoms with Crippen molar-refractivity contribution in [1.82, 2.24) is 38.7 Å². The Kier molecular flexibility index (Phi) is 40.7. The van der Waals surface area contributed by atoms with Crippen molar-refractivity contribution >= 4 is 187 Å². The van der Waals surface area contributed by atoms with Gasteiger partial charge in [0, 0.05) is 67.6 Å². The number of nitrogens with one attached hydrogen (secondary N) is 2. The third-order valence-corrected chi connectivity index (χ3v) is 54.3. The van der Waals surface area contributed by atoms with Crippen LogP contribution in [0.3, 0.4) is 0 Å². The fourth-order valence-corrected chi connectivity index (χ4v) is 48.4. The van der Waals surface area contributed by atoms with Crippen LogP contribution in [0.4, 0.5) is 166 Å². The van der Waals surface area contributed by atoms with Crippen molar-refractivity contribution in [2.24, 2.45) is 94.8 Å². The van der Waals surface area contributed by atoms with E-state index < -0.39 is 200 Å². The minimum Gasteiger partial charge on any atom is -0.453 e. The third-order valence-electron chi connectivity index (χ3n) is 10.9. The molecule has 0 aliphatic carbocycles. The van der Waals surface area contributed by atoms with E-state index in [0.717, 1.165) is 52.5 Å². The van der Waals surface area contributed by atoms with E-state index in [1.807, 2.05) is 27.1 Å². The Labute approximate surface area is 643 Å². The van der Waals surface area contributed by atoms with E-state index in [1.54, 1.807) is 25.3 Å². The number of methoxy groups -OCH3 is 2. The van der Waals surface area contributed by atoms with E-state index in [4.69, 9.17) is 0 Å². The largest absolute Gasteiger partial charge is 0.453 e. The lowest BCUT2D eigenvalue weighted by molar-refractivity contribution is 0.154. The van der Waals surface area contributed by atoms with Gasteiger partial charge in [-0.15, -0.1) is 203 Å². The Bertz CT molecular complexity index is 5010. The third kappa shape index (κ3) is 39.3. The molecule has 0 aromatic heterocycles. The fourth-order valence-electron chi connectivity index (χ4n) is 6.49. The maximum atomic E-state index is 14.3. The molecule has 7 atom stereocenters. The van der Waals surface area contributed by atoms with Crippen molar-refractivity contribution < 1.29 is 176 Å². The number of hydrogen-bond donors (Lipinski definition) is 2. The summed E-state index contributed by atoms with van der Waals surface area (Å²) in [6.07, 6.45) is -1.73. The van der Waals surface area contributed by atoms with Crippen LogP contribution in [0.2, 0.25) is 0 Å². The van der Waals surface area contributed by atoms with Gasteiger partial charge in [-0.05, 0) is 40.2 Å². The number of unbranched alkanes of at least 4 members (excludes halogenated alkanes) is 1. The van der Waals surface area contributed by atoms with Crippen molar-refractivity contribution in [1.29, 1.82) is 0 Å². The van der Waals surface area contributed by atoms with Crippen molar-refractivity contribution in [3.8, 4) is 0 Å². The van der Waals surface area contributed by atoms with Crippen LogP contribution in [0.25, 0.3) is 0 Å². The molecule has 7 aliphatic rings. The van der Waals surface area contributed by atoms with Gasteiger partial charge in [0.05, 0.1) is 14.2 Å². The molecule has 0 saturated carbocycles. The SMILES string of the molecule is CC(C)N(C)P1(F)=NP(F)(F)=NP(F)(F)=N1.CCCCP1(F)=NP(F)(F)=NP(F)(F)=N1.CCCN(CCC)P1(F)=NP(F)(F)=NP(F)(F)=N1.CN(C)C(=O)N(C)P1(F)=NP(F)(F)=NP(F)(F)=N1.CN(C)C(=O)NP1(F)=NP(F)(F)=NP(F)(F)=N1.COC(=O)N(C)P1(F)=NP(F)(F)=NP(F)(F)=N1.COC(=O)NP1(F)=NP(F)(F)=NP(F)(F)=N1. The number of rotatable bonds is 14. The molecule has 7 aliphatic heterocycles. The number of halogens is 35. The highest BCUT2D eigenvalue weighted by molar-refractivity contribution is 7.83. The van der Waals surface area contributed by atoms with Crippen LogP contribution in [-0.4, -0.2) is 142 Å². The van der Waals surface area contributed by atoms with Gasteiger partial charge < -0.3 is 19.3 Å². The maximum Gasteiger partial charge on any atom is 0.424 e. The lowest BCUT2D eigenvalue weighted by Gasteiger charge is -2.27. The topological polar surface area (TPSA) is 390 Å². The summed E-state index contributed by atoms with van der Waals surface area (Å²) in [5.74, 6) is 0. The van der Waals surface area contributed by atoms with Gasteiger partial charge in [-0.3, -0.25) is 9.76 Å². The predicted octanol–water partition coefficient (Wildman–Crippen LogP) is 40.1. The van der Waals surface area contributed by atoms with Crippen LogP contribution in [-0.2, 0) is 9.47 Å². The van der Waals surface area contributed by atoms with Gasteiger partial charge in [0.15, 0.2) is 0 Å². The quantitative estimate of drug-likeness (QED) is 0.124. The molecule has 7 unspecified atom stereocenters. The van der Waals surface area contributed by atoms with E-state index in [9.17, 15) is 166 Å². The highest BCUT2D eigenvalue weighted by Gasteiger charge is 2.49. The predicted molar refractivity (Wildman–Crippen MR) is 395 cm³/mol. The normalized spacial score (nSPS) is 30.1. The zero-order valence-corrected chi connectivity index (χ0v) is 78.5. The van der Waals surface area contributed by atoms with Gasteiger partial charge in [0.1, 0.15) is 0 Å². The molecule has 0 saturated heterocycles. The minimum atomic E-state index is -5.80. The summed E-state index contributed by atoms with van der Waals surface area (Å²) in [7, 11) is -105. The molecule has 2 N–H and O–H groups in total. The Hall–Kier alpha value is -0.620. The lowest BCUT2D eigenvalue weighted by atomic mass is 10.4. The van der Waals surface area contributed by atoms with Crippen LogP contribution in [0, 0.1) is 0 Å². The molecule has 7 heterocycles. The first-order valence-corrected chi connectivity index (χ1v) is 60.4. The van der Waals surface area contributed by atoms with Crippen LogP contribution < -0.4 is 10.2 Å². The Morgan fingerprint density at radius 1 is 0.316 bits per heavy atom. The number of ether oxygens (including phenoxy) is 2. The molecule has 117 heavy (non-hydrogen) atoms. The van der Waals surface area contributed by atoms with Crippen LogP contribution in [0.5, 0.6) is 0 Å². The smallest absolute Gasteiger partial charge is 0.424 e. The van der Waals surface area contributed by atoms with Crippen molar-refractivity contribution in [2.75, 3.05) is 82.8 Å². The summed E-state index contributed by atoms with van der Waals surface area (Å²) >= 11 is 0. The molecular formula is C26H59F35N29O6P21. The molecule has 0 aromatic carbocycles. The van der Waals surface area contributed by atoms with Crippen LogP contribution in [0.1, 0.15) is 60.3 Å². The molecule has 0 spiro atoms. The lowest BCUT2D eigenvalue weighted by Crippen LogP contribution is -2.33. The first-order valence-electron chi connectivity index (χ1n) is 28.6. The highest BCUT2D eigenvalue weighted by atomic mass is 31.3. The fraction of sp³-hybridized carbons (Fsp3) is 0.846. The molecule has 0 bridgehead atoms. The van der Waals surface area contributed by atoms with E-state index in [-0.39, 0.29) is 28.9 Å². The molecule has 0 radical (unpaired) electrons. The Morgan fingerprint density at radius 3 is 0.889 bits per heavy atom. The summed E-state index contributed by atoms with van der Waals surface area (Å²) in [5, 5.41) is 2.48. The van der Waals surface area contributed by atoms with Gasteiger partial charge in [0.2, 0.25) is 0 Å². The van der Waals surface area contributed by atoms with E-state index >= 15 is 0 Å². The first kappa shape index (κ1) is 114. The standard InChI is InChI=1S/C6H14F5N4P3.C4H9F5N5OP3.C4H10F5N4P3.C4H9F5N3P3.C3H7F5N5OP3.C3H6F5N4O2P3.C2H4F5N4O2P3/c1-3-5-15(6-4-2)18(11)13-16(7,8)12-17(9,10)14-18;1-13(2)4(15)14(3)18(9)11-16(5,6)10-17(7,8)12-18;1-4(2)13(3)16(9)11-14(5,6)10-15(7,8)12-16;1-2-3-4-13(5)10-14(6,7)12-15(8,9)11-13;1-13(2)3(14)9-17(8)11-15(4,5)10-16(6,7)12-17;1-12(3(13)14-2)17(8)10-15(4,5)9-16(6,7)11-17;1-13-2(12)8-16(7)10-14(3,4)9-15(5,6)11-16/h3-6H2,1-2H3;1-3H3;4H,1-3H3;2-4H2,1H3;1-2H3,(H,9,14);1-2H3;1H3,(H,8,12). The van der Waals surface area contributed by atoms with Crippen molar-refractivity contribution in [2.45, 2.75) is 66.3 Å². The number of carbonyl (C=O) groups is 4. The van der Waals surface area contributed by atoms with Crippen molar-refractivity contribution in [3.05, 3.63) is 0 Å². The second-order valence-electron chi connectivity index (χ2n) is 21.2. The highest BCUT2D eigenvalue weighted by Crippen LogP contribution is 2.88. The van der Waals surface area contributed by atoms with Gasteiger partial charge >= 0.3 is 180 Å². The number of carbonyl (C=O) groups excluding carboxylic acids is 4.